The Morgan fingerprint density at radius 2 is 2.41 bits per heavy atom. The summed E-state index contributed by atoms with van der Waals surface area (Å²) in [5, 5.41) is 4.19. The van der Waals surface area contributed by atoms with Crippen molar-refractivity contribution in [2.24, 2.45) is 4.99 Å². The van der Waals surface area contributed by atoms with Gasteiger partial charge in [-0.05, 0) is 6.92 Å². The summed E-state index contributed by atoms with van der Waals surface area (Å²) >= 11 is 0. The molecule has 0 fully saturated rings. The van der Waals surface area contributed by atoms with Crippen LogP contribution in [0.1, 0.15) is 23.0 Å². The summed E-state index contributed by atoms with van der Waals surface area (Å²) < 4.78 is 6.41. The van der Waals surface area contributed by atoms with Gasteiger partial charge in [-0.15, -0.1) is 0 Å². The van der Waals surface area contributed by atoms with Crippen LogP contribution in [0.4, 0.5) is 5.69 Å². The molecule has 2 aromatic rings. The lowest BCUT2D eigenvalue weighted by Crippen LogP contribution is -2.09. The molecule has 0 atom stereocenters. The molecule has 6 heteroatoms. The molecule has 3 heterocycles. The Morgan fingerprint density at radius 3 is 3.24 bits per heavy atom. The zero-order chi connectivity index (χ0) is 11.8. The third-order valence-electron chi connectivity index (χ3n) is 2.60. The normalized spacial score (nSPS) is 13.0. The molecule has 1 aliphatic rings. The number of hydrogen-bond acceptors (Lipinski definition) is 5. The van der Waals surface area contributed by atoms with Crippen molar-refractivity contribution in [2.45, 2.75) is 13.3 Å². The molecule has 0 unspecified atom stereocenters. The number of fused-ring (bicyclic) bond motifs is 3. The Morgan fingerprint density at radius 1 is 1.53 bits per heavy atom. The second-order valence-electron chi connectivity index (χ2n) is 3.63. The van der Waals surface area contributed by atoms with Gasteiger partial charge in [0.15, 0.2) is 11.3 Å². The Kier molecular flexibility index (Phi) is 2.14. The molecule has 86 valence electrons. The number of rotatable bonds is 2. The van der Waals surface area contributed by atoms with Crippen molar-refractivity contribution in [3.8, 4) is 0 Å². The second kappa shape index (κ2) is 3.65. The summed E-state index contributed by atoms with van der Waals surface area (Å²) in [6.07, 6.45) is 5.75. The molecule has 0 saturated carbocycles. The maximum atomic E-state index is 11.7. The van der Waals surface area contributed by atoms with Crippen molar-refractivity contribution in [3.05, 3.63) is 23.7 Å². The first-order chi connectivity index (χ1) is 8.31. The third kappa shape index (κ3) is 1.41. The van der Waals surface area contributed by atoms with Gasteiger partial charge in [-0.2, -0.15) is 5.10 Å². The van der Waals surface area contributed by atoms with Crippen molar-refractivity contribution in [3.63, 3.8) is 0 Å². The molecule has 0 N–H and O–H groups in total. The van der Waals surface area contributed by atoms with E-state index in [0.717, 1.165) is 17.7 Å². The van der Waals surface area contributed by atoms with E-state index < -0.39 is 5.97 Å². The SMILES string of the molecule is CCOC(=O)c1cnc2c3c(cnn12)CC=N3. The summed E-state index contributed by atoms with van der Waals surface area (Å²) in [5.74, 6) is -0.422. The molecule has 6 nitrogen and oxygen atoms in total. The van der Waals surface area contributed by atoms with Gasteiger partial charge >= 0.3 is 5.97 Å². The van der Waals surface area contributed by atoms with Crippen molar-refractivity contribution < 1.29 is 9.53 Å². The molecular formula is C11H10N4O2. The molecule has 0 aliphatic carbocycles. The van der Waals surface area contributed by atoms with Crippen LogP contribution in [-0.4, -0.2) is 33.4 Å². The Hall–Kier alpha value is -2.24. The minimum Gasteiger partial charge on any atom is -0.461 e. The van der Waals surface area contributed by atoms with Crippen LogP contribution >= 0.6 is 0 Å². The zero-order valence-corrected chi connectivity index (χ0v) is 9.25. The van der Waals surface area contributed by atoms with Crippen molar-refractivity contribution >= 4 is 23.5 Å². The number of carbonyl (C=O) groups excluding carboxylic acids is 1. The van der Waals surface area contributed by atoms with E-state index in [9.17, 15) is 4.79 Å². The molecule has 0 saturated heterocycles. The topological polar surface area (TPSA) is 68.8 Å². The van der Waals surface area contributed by atoms with Gasteiger partial charge in [0.1, 0.15) is 5.69 Å². The number of nitrogens with zero attached hydrogens (tertiary/aromatic N) is 4. The number of hydrogen-bond donors (Lipinski definition) is 0. The van der Waals surface area contributed by atoms with Gasteiger partial charge in [0.05, 0.1) is 19.0 Å². The maximum absolute atomic E-state index is 11.7. The van der Waals surface area contributed by atoms with Gasteiger partial charge in [0.2, 0.25) is 0 Å². The molecular weight excluding hydrogens is 220 g/mol. The minimum atomic E-state index is -0.422. The number of aliphatic imine (C=N–C) groups is 1. The second-order valence-corrected chi connectivity index (χ2v) is 3.63. The van der Waals surface area contributed by atoms with Crippen LogP contribution in [0.25, 0.3) is 5.65 Å². The lowest BCUT2D eigenvalue weighted by molar-refractivity contribution is 0.0516. The summed E-state index contributed by atoms with van der Waals surface area (Å²) in [6.45, 7) is 2.09. The fraction of sp³-hybridized carbons (Fsp3) is 0.273. The van der Waals surface area contributed by atoms with Gasteiger partial charge in [0, 0.05) is 18.2 Å². The lowest BCUT2D eigenvalue weighted by atomic mass is 10.2. The molecule has 0 aromatic carbocycles. The van der Waals surface area contributed by atoms with Crippen LogP contribution in [-0.2, 0) is 11.2 Å². The average molecular weight is 230 g/mol. The maximum Gasteiger partial charge on any atom is 0.358 e. The van der Waals surface area contributed by atoms with Crippen LogP contribution in [0.15, 0.2) is 17.4 Å². The summed E-state index contributed by atoms with van der Waals surface area (Å²) in [4.78, 5) is 20.1. The van der Waals surface area contributed by atoms with Crippen molar-refractivity contribution in [2.75, 3.05) is 6.61 Å². The highest BCUT2D eigenvalue weighted by atomic mass is 16.5. The molecule has 3 rings (SSSR count). The molecule has 0 radical (unpaired) electrons. The Bertz CT molecular complexity index is 630. The van der Waals surface area contributed by atoms with Gasteiger partial charge in [-0.1, -0.05) is 0 Å². The van der Waals surface area contributed by atoms with E-state index in [4.69, 9.17) is 4.74 Å². The van der Waals surface area contributed by atoms with Crippen molar-refractivity contribution in [1.29, 1.82) is 0 Å². The fourth-order valence-corrected chi connectivity index (χ4v) is 1.83. The van der Waals surface area contributed by atoms with E-state index in [1.807, 2.05) is 6.21 Å². The molecule has 0 amide bonds. The van der Waals surface area contributed by atoms with E-state index in [1.165, 1.54) is 10.7 Å². The minimum absolute atomic E-state index is 0.326. The van der Waals surface area contributed by atoms with E-state index in [0.29, 0.717) is 17.9 Å². The Labute approximate surface area is 96.9 Å². The van der Waals surface area contributed by atoms with Gasteiger partial charge in [0.25, 0.3) is 0 Å². The van der Waals surface area contributed by atoms with Gasteiger partial charge in [-0.25, -0.2) is 14.3 Å². The van der Waals surface area contributed by atoms with Crippen LogP contribution in [0.3, 0.4) is 0 Å². The molecule has 17 heavy (non-hydrogen) atoms. The molecule has 0 bridgehead atoms. The number of ether oxygens (including phenoxy) is 1. The first-order valence-electron chi connectivity index (χ1n) is 5.36. The number of esters is 1. The highest BCUT2D eigenvalue weighted by Gasteiger charge is 2.19. The summed E-state index contributed by atoms with van der Waals surface area (Å²) in [7, 11) is 0. The summed E-state index contributed by atoms with van der Waals surface area (Å²) in [5.41, 5.74) is 2.74. The standard InChI is InChI=1S/C11H10N4O2/c1-2-17-11(16)8-6-13-10-9-7(3-4-12-9)5-14-15(8)10/h4-6H,2-3H2,1H3. The summed E-state index contributed by atoms with van der Waals surface area (Å²) in [6, 6.07) is 0. The van der Waals surface area contributed by atoms with Crippen LogP contribution < -0.4 is 0 Å². The zero-order valence-electron chi connectivity index (χ0n) is 9.25. The number of aromatic nitrogens is 3. The highest BCUT2D eigenvalue weighted by Crippen LogP contribution is 2.27. The molecule has 0 spiro atoms. The first-order valence-corrected chi connectivity index (χ1v) is 5.36. The Balaban J connectivity index is 2.17. The molecule has 2 aromatic heterocycles. The highest BCUT2D eigenvalue weighted by molar-refractivity contribution is 5.90. The fourth-order valence-electron chi connectivity index (χ4n) is 1.83. The van der Waals surface area contributed by atoms with Gasteiger partial charge < -0.3 is 4.74 Å². The monoisotopic (exact) mass is 230 g/mol. The van der Waals surface area contributed by atoms with E-state index in [-0.39, 0.29) is 0 Å². The number of imidazole rings is 1. The van der Waals surface area contributed by atoms with E-state index in [1.54, 1.807) is 13.1 Å². The first kappa shape index (κ1) is 9.95. The average Bonchev–Trinajstić information content (AvgIpc) is 2.94. The smallest absolute Gasteiger partial charge is 0.358 e. The molecule has 1 aliphatic heterocycles. The van der Waals surface area contributed by atoms with Gasteiger partial charge in [-0.3, -0.25) is 4.99 Å². The van der Waals surface area contributed by atoms with Crippen LogP contribution in [0, 0.1) is 0 Å². The number of carbonyl (C=O) groups is 1. The van der Waals surface area contributed by atoms with Crippen LogP contribution in [0.5, 0.6) is 0 Å². The van der Waals surface area contributed by atoms with Crippen molar-refractivity contribution in [1.82, 2.24) is 14.6 Å². The predicted molar refractivity (Wildman–Crippen MR) is 60.8 cm³/mol. The quantitative estimate of drug-likeness (QED) is 0.726. The lowest BCUT2D eigenvalue weighted by Gasteiger charge is -2.02. The van der Waals surface area contributed by atoms with E-state index >= 15 is 0 Å². The predicted octanol–water partition coefficient (Wildman–Crippen LogP) is 1.16. The largest absolute Gasteiger partial charge is 0.461 e. The van der Waals surface area contributed by atoms with Crippen LogP contribution in [0.2, 0.25) is 0 Å². The van der Waals surface area contributed by atoms with E-state index in [2.05, 4.69) is 15.1 Å². The third-order valence-corrected chi connectivity index (χ3v) is 2.60.